The number of carbonyl (C=O) groups excluding carboxylic acids is 1. The standard InChI is InChI=1S/C10H16O5/c1-4-7(6-11)15-9(10(12)13)8(5-2)14-3/h5-9H,2,4H2,1,3H3,(H,12,13). The number of aliphatic carboxylic acids is 1. The van der Waals surface area contributed by atoms with E-state index in [4.69, 9.17) is 14.6 Å². The third-order valence-corrected chi connectivity index (χ3v) is 1.92. The largest absolute Gasteiger partial charge is 0.479 e. The van der Waals surface area contributed by atoms with Crippen LogP contribution in [-0.4, -0.2) is 42.8 Å². The highest BCUT2D eigenvalue weighted by molar-refractivity contribution is 5.74. The van der Waals surface area contributed by atoms with E-state index in [0.717, 1.165) is 0 Å². The second kappa shape index (κ2) is 7.14. The third kappa shape index (κ3) is 4.22. The molecule has 86 valence electrons. The third-order valence-electron chi connectivity index (χ3n) is 1.92. The summed E-state index contributed by atoms with van der Waals surface area (Å²) in [4.78, 5) is 21.4. The molecule has 0 rings (SSSR count). The molecule has 0 aromatic carbocycles. The summed E-state index contributed by atoms with van der Waals surface area (Å²) >= 11 is 0. The van der Waals surface area contributed by atoms with E-state index in [2.05, 4.69) is 6.58 Å². The lowest BCUT2D eigenvalue weighted by molar-refractivity contribution is -0.163. The summed E-state index contributed by atoms with van der Waals surface area (Å²) in [6, 6.07) is 0. The molecule has 1 N–H and O–H groups in total. The average Bonchev–Trinajstić information content (AvgIpc) is 2.24. The SMILES string of the molecule is C=CC(OC)C(OC(C=O)CC)C(=O)O. The smallest absolute Gasteiger partial charge is 0.335 e. The Morgan fingerprint density at radius 3 is 2.47 bits per heavy atom. The molecule has 0 heterocycles. The maximum atomic E-state index is 10.9. The van der Waals surface area contributed by atoms with Gasteiger partial charge in [0.25, 0.3) is 0 Å². The molecule has 0 saturated carbocycles. The van der Waals surface area contributed by atoms with Crippen LogP contribution in [0.3, 0.4) is 0 Å². The minimum atomic E-state index is -1.21. The molecule has 15 heavy (non-hydrogen) atoms. The van der Waals surface area contributed by atoms with Crippen LogP contribution in [0.2, 0.25) is 0 Å². The Hall–Kier alpha value is -1.20. The fourth-order valence-electron chi connectivity index (χ4n) is 1.03. The summed E-state index contributed by atoms with van der Waals surface area (Å²) in [6.45, 7) is 5.17. The van der Waals surface area contributed by atoms with Crippen molar-refractivity contribution in [2.75, 3.05) is 7.11 Å². The second-order valence-corrected chi connectivity index (χ2v) is 2.91. The molecule has 0 aliphatic rings. The summed E-state index contributed by atoms with van der Waals surface area (Å²) < 4.78 is 9.96. The number of aldehydes is 1. The van der Waals surface area contributed by atoms with Crippen molar-refractivity contribution in [1.82, 2.24) is 0 Å². The highest BCUT2D eigenvalue weighted by atomic mass is 16.6. The molecule has 0 bridgehead atoms. The zero-order valence-electron chi connectivity index (χ0n) is 8.88. The quantitative estimate of drug-likeness (QED) is 0.476. The summed E-state index contributed by atoms with van der Waals surface area (Å²) in [7, 11) is 1.35. The number of carbonyl (C=O) groups is 2. The average molecular weight is 216 g/mol. The molecule has 0 saturated heterocycles. The van der Waals surface area contributed by atoms with E-state index in [0.29, 0.717) is 12.7 Å². The monoisotopic (exact) mass is 216 g/mol. The summed E-state index contributed by atoms with van der Waals surface area (Å²) in [6.07, 6.45) is -0.383. The fourth-order valence-corrected chi connectivity index (χ4v) is 1.03. The van der Waals surface area contributed by atoms with Gasteiger partial charge in [-0.15, -0.1) is 6.58 Å². The van der Waals surface area contributed by atoms with Gasteiger partial charge in [0.15, 0.2) is 6.10 Å². The van der Waals surface area contributed by atoms with Crippen LogP contribution in [0.1, 0.15) is 13.3 Å². The summed E-state index contributed by atoms with van der Waals surface area (Å²) in [5.41, 5.74) is 0. The van der Waals surface area contributed by atoms with Gasteiger partial charge < -0.3 is 19.4 Å². The molecule has 0 fully saturated rings. The van der Waals surface area contributed by atoms with Gasteiger partial charge in [-0.1, -0.05) is 13.0 Å². The molecular formula is C10H16O5. The van der Waals surface area contributed by atoms with Crippen molar-refractivity contribution in [2.24, 2.45) is 0 Å². The van der Waals surface area contributed by atoms with Gasteiger partial charge in [-0.3, -0.25) is 0 Å². The molecule has 3 unspecified atom stereocenters. The van der Waals surface area contributed by atoms with E-state index in [9.17, 15) is 9.59 Å². The van der Waals surface area contributed by atoms with Crippen molar-refractivity contribution in [1.29, 1.82) is 0 Å². The Morgan fingerprint density at radius 2 is 2.20 bits per heavy atom. The van der Waals surface area contributed by atoms with Gasteiger partial charge in [-0.05, 0) is 6.42 Å². The first kappa shape index (κ1) is 13.8. The molecule has 0 aliphatic heterocycles. The first-order chi connectivity index (χ1) is 7.10. The van der Waals surface area contributed by atoms with E-state index in [1.807, 2.05) is 0 Å². The maximum absolute atomic E-state index is 10.9. The lowest BCUT2D eigenvalue weighted by atomic mass is 10.2. The van der Waals surface area contributed by atoms with Crippen molar-refractivity contribution in [3.8, 4) is 0 Å². The van der Waals surface area contributed by atoms with Crippen LogP contribution >= 0.6 is 0 Å². The van der Waals surface area contributed by atoms with Gasteiger partial charge in [0.05, 0.1) is 0 Å². The first-order valence-electron chi connectivity index (χ1n) is 4.59. The van der Waals surface area contributed by atoms with Crippen LogP contribution in [0.5, 0.6) is 0 Å². The molecular weight excluding hydrogens is 200 g/mol. The number of hydrogen-bond acceptors (Lipinski definition) is 4. The van der Waals surface area contributed by atoms with E-state index in [-0.39, 0.29) is 0 Å². The minimum Gasteiger partial charge on any atom is -0.479 e. The fraction of sp³-hybridized carbons (Fsp3) is 0.600. The van der Waals surface area contributed by atoms with Crippen molar-refractivity contribution < 1.29 is 24.2 Å². The van der Waals surface area contributed by atoms with Crippen molar-refractivity contribution >= 4 is 12.3 Å². The Labute approximate surface area is 88.7 Å². The molecule has 0 amide bonds. The van der Waals surface area contributed by atoms with Crippen molar-refractivity contribution in [3.05, 3.63) is 12.7 Å². The first-order valence-corrected chi connectivity index (χ1v) is 4.59. The van der Waals surface area contributed by atoms with Gasteiger partial charge in [0.2, 0.25) is 0 Å². The van der Waals surface area contributed by atoms with Crippen LogP contribution in [0, 0.1) is 0 Å². The van der Waals surface area contributed by atoms with Crippen LogP contribution in [0.25, 0.3) is 0 Å². The van der Waals surface area contributed by atoms with Crippen molar-refractivity contribution in [3.63, 3.8) is 0 Å². The number of rotatable bonds is 8. The molecule has 0 aromatic heterocycles. The van der Waals surface area contributed by atoms with Crippen LogP contribution in [-0.2, 0) is 19.1 Å². The van der Waals surface area contributed by atoms with Gasteiger partial charge in [0, 0.05) is 7.11 Å². The molecule has 3 atom stereocenters. The lowest BCUT2D eigenvalue weighted by Gasteiger charge is -2.22. The highest BCUT2D eigenvalue weighted by Crippen LogP contribution is 2.09. The molecule has 0 aromatic rings. The summed E-state index contributed by atoms with van der Waals surface area (Å²) in [5, 5.41) is 8.88. The molecule has 5 nitrogen and oxygen atoms in total. The van der Waals surface area contributed by atoms with Crippen LogP contribution < -0.4 is 0 Å². The Kier molecular flexibility index (Phi) is 6.57. The molecule has 0 radical (unpaired) electrons. The van der Waals surface area contributed by atoms with Crippen molar-refractivity contribution in [2.45, 2.75) is 31.7 Å². The summed E-state index contributed by atoms with van der Waals surface area (Å²) in [5.74, 6) is -1.18. The molecule has 0 spiro atoms. The number of carboxylic acids is 1. The van der Waals surface area contributed by atoms with E-state index in [1.165, 1.54) is 13.2 Å². The normalized spacial score (nSPS) is 16.4. The lowest BCUT2D eigenvalue weighted by Crippen LogP contribution is -2.39. The maximum Gasteiger partial charge on any atom is 0.335 e. The predicted octanol–water partition coefficient (Wildman–Crippen LogP) is 0.635. The number of carboxylic acid groups (broad SMARTS) is 1. The number of ether oxygens (including phenoxy) is 2. The number of hydrogen-bond donors (Lipinski definition) is 1. The zero-order chi connectivity index (χ0) is 11.8. The predicted molar refractivity (Wildman–Crippen MR) is 53.6 cm³/mol. The highest BCUT2D eigenvalue weighted by Gasteiger charge is 2.29. The van der Waals surface area contributed by atoms with Gasteiger partial charge in [-0.25, -0.2) is 4.79 Å². The van der Waals surface area contributed by atoms with E-state index in [1.54, 1.807) is 6.92 Å². The van der Waals surface area contributed by atoms with Gasteiger partial charge in [0.1, 0.15) is 18.5 Å². The second-order valence-electron chi connectivity index (χ2n) is 2.91. The Balaban J connectivity index is 4.58. The Morgan fingerprint density at radius 1 is 1.60 bits per heavy atom. The van der Waals surface area contributed by atoms with E-state index >= 15 is 0 Å². The van der Waals surface area contributed by atoms with Crippen LogP contribution in [0.15, 0.2) is 12.7 Å². The van der Waals surface area contributed by atoms with Gasteiger partial charge >= 0.3 is 5.97 Å². The van der Waals surface area contributed by atoms with Gasteiger partial charge in [-0.2, -0.15) is 0 Å². The van der Waals surface area contributed by atoms with E-state index < -0.39 is 24.3 Å². The minimum absolute atomic E-state index is 0.418. The molecule has 5 heteroatoms. The number of methoxy groups -OCH3 is 1. The Bertz CT molecular complexity index is 226. The molecule has 0 aliphatic carbocycles. The topological polar surface area (TPSA) is 72.8 Å². The van der Waals surface area contributed by atoms with Crippen LogP contribution in [0.4, 0.5) is 0 Å². The zero-order valence-corrected chi connectivity index (χ0v) is 8.88.